The first-order chi connectivity index (χ1) is 10.7. The number of aliphatic hydroxyl groups is 1. The number of hydrogen-bond acceptors (Lipinski definition) is 3. The zero-order valence-electron chi connectivity index (χ0n) is 13.1. The number of para-hydroxylation sites is 1. The summed E-state index contributed by atoms with van der Waals surface area (Å²) in [7, 11) is 0. The van der Waals surface area contributed by atoms with E-state index in [9.17, 15) is 5.11 Å². The molecule has 1 saturated heterocycles. The molecule has 1 aliphatic heterocycles. The molecule has 3 heteroatoms. The summed E-state index contributed by atoms with van der Waals surface area (Å²) in [4.78, 5) is 2.34. The van der Waals surface area contributed by atoms with Gasteiger partial charge in [-0.05, 0) is 31.0 Å². The number of rotatable bonds is 5. The van der Waals surface area contributed by atoms with Gasteiger partial charge in [0.1, 0.15) is 0 Å². The van der Waals surface area contributed by atoms with Gasteiger partial charge in [0.25, 0.3) is 0 Å². The van der Waals surface area contributed by atoms with Gasteiger partial charge in [0.2, 0.25) is 0 Å². The third kappa shape index (κ3) is 3.87. The number of β-amino-alcohol motifs (C(OH)–C–C–N with tert-alkyl or cyclic N) is 1. The van der Waals surface area contributed by atoms with Gasteiger partial charge in [-0.2, -0.15) is 0 Å². The van der Waals surface area contributed by atoms with Crippen LogP contribution < -0.4 is 5.32 Å². The third-order valence-corrected chi connectivity index (χ3v) is 4.31. The monoisotopic (exact) mass is 296 g/mol. The largest absolute Gasteiger partial charge is 0.387 e. The van der Waals surface area contributed by atoms with Crippen molar-refractivity contribution in [2.45, 2.75) is 25.5 Å². The van der Waals surface area contributed by atoms with E-state index in [0.29, 0.717) is 12.6 Å². The second-order valence-electron chi connectivity index (χ2n) is 6.18. The van der Waals surface area contributed by atoms with Gasteiger partial charge < -0.3 is 10.4 Å². The average molecular weight is 296 g/mol. The predicted octanol–water partition coefficient (Wildman–Crippen LogP) is 3.21. The number of benzene rings is 2. The molecule has 2 aromatic rings. The quantitative estimate of drug-likeness (QED) is 0.889. The van der Waals surface area contributed by atoms with Crippen molar-refractivity contribution in [3.05, 3.63) is 65.7 Å². The number of likely N-dealkylation sites (tertiary alicyclic amines) is 1. The van der Waals surface area contributed by atoms with Crippen LogP contribution in [0.2, 0.25) is 0 Å². The second-order valence-corrected chi connectivity index (χ2v) is 6.18. The van der Waals surface area contributed by atoms with Gasteiger partial charge >= 0.3 is 0 Å². The molecule has 3 rings (SSSR count). The number of aliphatic hydroxyl groups excluding tert-OH is 1. The molecule has 1 aliphatic rings. The number of nitrogens with one attached hydrogen (secondary N) is 1. The van der Waals surface area contributed by atoms with Crippen LogP contribution in [-0.4, -0.2) is 35.7 Å². The highest BCUT2D eigenvalue weighted by Gasteiger charge is 2.24. The van der Waals surface area contributed by atoms with E-state index in [2.05, 4.69) is 53.5 Å². The first kappa shape index (κ1) is 15.1. The van der Waals surface area contributed by atoms with Gasteiger partial charge in [-0.3, -0.25) is 4.90 Å². The van der Waals surface area contributed by atoms with Gasteiger partial charge in [0.05, 0.1) is 6.10 Å². The van der Waals surface area contributed by atoms with E-state index in [0.717, 1.165) is 25.1 Å². The molecule has 0 aromatic heterocycles. The average Bonchev–Trinajstić information content (AvgIpc) is 2.96. The van der Waals surface area contributed by atoms with Crippen molar-refractivity contribution in [3.63, 3.8) is 0 Å². The van der Waals surface area contributed by atoms with Crippen LogP contribution in [0, 0.1) is 6.92 Å². The molecule has 22 heavy (non-hydrogen) atoms. The van der Waals surface area contributed by atoms with Gasteiger partial charge in [0, 0.05) is 31.4 Å². The Morgan fingerprint density at radius 2 is 1.86 bits per heavy atom. The number of anilines is 1. The van der Waals surface area contributed by atoms with E-state index < -0.39 is 6.10 Å². The first-order valence-corrected chi connectivity index (χ1v) is 7.99. The molecular formula is C19H24N2O. The Hall–Kier alpha value is -1.84. The highest BCUT2D eigenvalue weighted by Crippen LogP contribution is 2.20. The summed E-state index contributed by atoms with van der Waals surface area (Å²) in [6, 6.07) is 19.0. The second kappa shape index (κ2) is 6.95. The Balaban J connectivity index is 1.51. The summed E-state index contributed by atoms with van der Waals surface area (Å²) in [6.45, 7) is 4.79. The lowest BCUT2D eigenvalue weighted by Gasteiger charge is -2.21. The van der Waals surface area contributed by atoms with Crippen molar-refractivity contribution in [1.29, 1.82) is 0 Å². The molecule has 116 valence electrons. The molecule has 2 unspecified atom stereocenters. The van der Waals surface area contributed by atoms with Crippen LogP contribution in [0.4, 0.5) is 5.69 Å². The molecule has 0 bridgehead atoms. The maximum absolute atomic E-state index is 10.4. The topological polar surface area (TPSA) is 35.5 Å². The lowest BCUT2D eigenvalue weighted by Crippen LogP contribution is -2.29. The summed E-state index contributed by atoms with van der Waals surface area (Å²) in [5, 5.41) is 14.0. The molecule has 0 saturated carbocycles. The van der Waals surface area contributed by atoms with Crippen LogP contribution >= 0.6 is 0 Å². The fraction of sp³-hybridized carbons (Fsp3) is 0.368. The number of nitrogens with zero attached hydrogens (tertiary/aromatic N) is 1. The summed E-state index contributed by atoms with van der Waals surface area (Å²) in [6.07, 6.45) is 0.714. The van der Waals surface area contributed by atoms with Gasteiger partial charge in [-0.15, -0.1) is 0 Å². The zero-order valence-corrected chi connectivity index (χ0v) is 13.1. The fourth-order valence-electron chi connectivity index (χ4n) is 3.02. The van der Waals surface area contributed by atoms with Crippen LogP contribution in [0.5, 0.6) is 0 Å². The van der Waals surface area contributed by atoms with Crippen molar-refractivity contribution in [2.75, 3.05) is 25.0 Å². The smallest absolute Gasteiger partial charge is 0.0916 e. The molecule has 2 aromatic carbocycles. The molecule has 0 aliphatic carbocycles. The van der Waals surface area contributed by atoms with Crippen molar-refractivity contribution in [2.24, 2.45) is 0 Å². The fourth-order valence-corrected chi connectivity index (χ4v) is 3.02. The highest BCUT2D eigenvalue weighted by molar-refractivity contribution is 5.43. The molecule has 2 atom stereocenters. The zero-order chi connectivity index (χ0) is 15.4. The van der Waals surface area contributed by atoms with E-state index in [4.69, 9.17) is 0 Å². The van der Waals surface area contributed by atoms with Crippen molar-refractivity contribution in [3.8, 4) is 0 Å². The Kier molecular flexibility index (Phi) is 4.76. The molecule has 0 radical (unpaired) electrons. The van der Waals surface area contributed by atoms with Gasteiger partial charge in [-0.1, -0.05) is 48.0 Å². The summed E-state index contributed by atoms with van der Waals surface area (Å²) in [5.41, 5.74) is 3.41. The Bertz CT molecular complexity index is 582. The SMILES string of the molecule is Cc1ccc(C(O)CN2CCC(Nc3ccccc3)C2)cc1. The molecule has 0 amide bonds. The summed E-state index contributed by atoms with van der Waals surface area (Å²) < 4.78 is 0. The Labute approximate surface area is 132 Å². The maximum atomic E-state index is 10.4. The van der Waals surface area contributed by atoms with Crippen molar-refractivity contribution >= 4 is 5.69 Å². The molecule has 3 nitrogen and oxygen atoms in total. The van der Waals surface area contributed by atoms with Crippen molar-refractivity contribution < 1.29 is 5.11 Å². The molecule has 2 N–H and O–H groups in total. The summed E-state index contributed by atoms with van der Waals surface area (Å²) >= 11 is 0. The number of hydrogen-bond donors (Lipinski definition) is 2. The normalized spacial score (nSPS) is 20.0. The minimum absolute atomic E-state index is 0.406. The van der Waals surface area contributed by atoms with Crippen LogP contribution in [0.15, 0.2) is 54.6 Å². The van der Waals surface area contributed by atoms with E-state index in [1.54, 1.807) is 0 Å². The lowest BCUT2D eigenvalue weighted by molar-refractivity contribution is 0.126. The number of aryl methyl sites for hydroxylation is 1. The van der Waals surface area contributed by atoms with Crippen LogP contribution in [0.3, 0.4) is 0 Å². The molecule has 1 heterocycles. The van der Waals surface area contributed by atoms with E-state index in [-0.39, 0.29) is 0 Å². The van der Waals surface area contributed by atoms with E-state index in [1.807, 2.05) is 18.2 Å². The third-order valence-electron chi connectivity index (χ3n) is 4.31. The first-order valence-electron chi connectivity index (χ1n) is 7.99. The molecule has 0 spiro atoms. The Morgan fingerprint density at radius 1 is 1.14 bits per heavy atom. The van der Waals surface area contributed by atoms with E-state index >= 15 is 0 Å². The highest BCUT2D eigenvalue weighted by atomic mass is 16.3. The van der Waals surface area contributed by atoms with Crippen LogP contribution in [-0.2, 0) is 0 Å². The van der Waals surface area contributed by atoms with Crippen molar-refractivity contribution in [1.82, 2.24) is 4.90 Å². The van der Waals surface area contributed by atoms with E-state index in [1.165, 1.54) is 11.3 Å². The molecule has 1 fully saturated rings. The van der Waals surface area contributed by atoms with Crippen LogP contribution in [0.25, 0.3) is 0 Å². The van der Waals surface area contributed by atoms with Crippen LogP contribution in [0.1, 0.15) is 23.7 Å². The van der Waals surface area contributed by atoms with Gasteiger partial charge in [-0.25, -0.2) is 0 Å². The maximum Gasteiger partial charge on any atom is 0.0916 e. The minimum Gasteiger partial charge on any atom is -0.387 e. The lowest BCUT2D eigenvalue weighted by atomic mass is 10.1. The summed E-state index contributed by atoms with van der Waals surface area (Å²) in [5.74, 6) is 0. The Morgan fingerprint density at radius 3 is 2.59 bits per heavy atom. The minimum atomic E-state index is -0.406. The van der Waals surface area contributed by atoms with Gasteiger partial charge in [0.15, 0.2) is 0 Å². The predicted molar refractivity (Wildman–Crippen MR) is 91.0 cm³/mol. The molecular weight excluding hydrogens is 272 g/mol. The standard InChI is InChI=1S/C19H24N2O/c1-15-7-9-16(10-8-15)19(22)14-21-12-11-18(13-21)20-17-5-3-2-4-6-17/h2-10,18-20,22H,11-14H2,1H3.